The van der Waals surface area contributed by atoms with Gasteiger partial charge in [-0.1, -0.05) is 57.7 Å². The Morgan fingerprint density at radius 3 is 2.42 bits per heavy atom. The quantitative estimate of drug-likeness (QED) is 0.490. The molecule has 0 aliphatic rings. The molecule has 19 heavy (non-hydrogen) atoms. The first-order valence-corrected chi connectivity index (χ1v) is 8.16. The van der Waals surface area contributed by atoms with Crippen LogP contribution >= 0.6 is 8.60 Å². The van der Waals surface area contributed by atoms with Gasteiger partial charge in [0, 0.05) is 0 Å². The summed E-state index contributed by atoms with van der Waals surface area (Å²) in [5.74, 6) is 1.44. The fraction of sp³-hybridized carbons (Fsp3) is 0.600. The second kappa shape index (κ2) is 10.2. The van der Waals surface area contributed by atoms with Gasteiger partial charge in [-0.05, 0) is 24.5 Å². The van der Waals surface area contributed by atoms with E-state index in [0.717, 1.165) is 18.8 Å². The zero-order chi connectivity index (χ0) is 13.9. The number of benzene rings is 1. The van der Waals surface area contributed by atoms with E-state index in [4.69, 9.17) is 9.05 Å². The van der Waals surface area contributed by atoms with Crippen molar-refractivity contribution in [3.63, 3.8) is 0 Å². The van der Waals surface area contributed by atoms with Crippen molar-refractivity contribution < 1.29 is 13.9 Å². The predicted octanol–water partition coefficient (Wildman–Crippen LogP) is 4.91. The summed E-state index contributed by atoms with van der Waals surface area (Å²) in [6.45, 7) is 5.07. The molecule has 0 saturated carbocycles. The van der Waals surface area contributed by atoms with Gasteiger partial charge >= 0.3 is 8.60 Å². The number of unbranched alkanes of at least 4 members (excludes halogenated alkanes) is 3. The molecule has 1 rings (SSSR count). The number of hydrogen-bond donors (Lipinski definition) is 1. The second-order valence-electron chi connectivity index (χ2n) is 5.07. The molecule has 1 atom stereocenters. The molecule has 0 aliphatic carbocycles. The highest BCUT2D eigenvalue weighted by Gasteiger charge is 2.08. The third-order valence-corrected chi connectivity index (χ3v) is 3.57. The van der Waals surface area contributed by atoms with E-state index in [1.807, 2.05) is 18.2 Å². The lowest BCUT2D eigenvalue weighted by atomic mass is 10.0. The van der Waals surface area contributed by atoms with Gasteiger partial charge in [-0.15, -0.1) is 0 Å². The van der Waals surface area contributed by atoms with Crippen LogP contribution in [0.1, 0.15) is 46.0 Å². The highest BCUT2D eigenvalue weighted by atomic mass is 31.2. The molecule has 1 unspecified atom stereocenters. The van der Waals surface area contributed by atoms with Crippen molar-refractivity contribution >= 4 is 8.60 Å². The molecule has 3 nitrogen and oxygen atoms in total. The monoisotopic (exact) mass is 284 g/mol. The Morgan fingerprint density at radius 1 is 1.05 bits per heavy atom. The molecule has 0 aliphatic heterocycles. The number of hydrogen-bond acceptors (Lipinski definition) is 3. The Labute approximate surface area is 117 Å². The average Bonchev–Trinajstić information content (AvgIpc) is 2.38. The molecule has 1 N–H and O–H groups in total. The average molecular weight is 284 g/mol. The topological polar surface area (TPSA) is 38.7 Å². The Balaban J connectivity index is 1.97. The molecule has 0 bridgehead atoms. The molecule has 1 aromatic carbocycles. The minimum absolute atomic E-state index is 0.566. The molecular weight excluding hydrogens is 259 g/mol. The maximum atomic E-state index is 9.60. The summed E-state index contributed by atoms with van der Waals surface area (Å²) in [6.07, 6.45) is 5.96. The first-order valence-electron chi connectivity index (χ1n) is 7.03. The summed E-state index contributed by atoms with van der Waals surface area (Å²) in [5.41, 5.74) is 0. The van der Waals surface area contributed by atoms with Crippen molar-refractivity contribution in [2.24, 2.45) is 5.92 Å². The van der Waals surface area contributed by atoms with Crippen LogP contribution in [0, 0.1) is 5.92 Å². The lowest BCUT2D eigenvalue weighted by Crippen LogP contribution is -1.95. The van der Waals surface area contributed by atoms with Gasteiger partial charge in [0.2, 0.25) is 0 Å². The van der Waals surface area contributed by atoms with E-state index in [1.54, 1.807) is 12.1 Å². The number of para-hydroxylation sites is 1. The van der Waals surface area contributed by atoms with Crippen molar-refractivity contribution in [3.8, 4) is 5.75 Å². The summed E-state index contributed by atoms with van der Waals surface area (Å²) in [4.78, 5) is 9.60. The van der Waals surface area contributed by atoms with Gasteiger partial charge in [-0.25, -0.2) is 0 Å². The number of rotatable bonds is 10. The molecule has 108 valence electrons. The van der Waals surface area contributed by atoms with Gasteiger partial charge in [0.25, 0.3) is 0 Å². The third kappa shape index (κ3) is 8.99. The molecular formula is C15H25O3P. The van der Waals surface area contributed by atoms with Crippen LogP contribution in [0.25, 0.3) is 0 Å². The standard InChI is InChI=1S/C15H25O3P/c1-14(2)10-6-3-4-9-13-17-19(16)18-15-11-7-5-8-12-15/h5,7-8,11-12,14,16H,3-4,6,9-10,13H2,1-2H3. The van der Waals surface area contributed by atoms with Crippen LogP contribution in [0.4, 0.5) is 0 Å². The van der Waals surface area contributed by atoms with E-state index in [1.165, 1.54) is 19.3 Å². The Morgan fingerprint density at radius 2 is 1.74 bits per heavy atom. The summed E-state index contributed by atoms with van der Waals surface area (Å²) in [6, 6.07) is 9.26. The van der Waals surface area contributed by atoms with Crippen LogP contribution in [0.3, 0.4) is 0 Å². The van der Waals surface area contributed by atoms with Crippen molar-refractivity contribution in [1.29, 1.82) is 0 Å². The summed E-state index contributed by atoms with van der Waals surface area (Å²) < 4.78 is 10.5. The van der Waals surface area contributed by atoms with Gasteiger partial charge in [0.15, 0.2) is 0 Å². The van der Waals surface area contributed by atoms with Crippen LogP contribution in [0.2, 0.25) is 0 Å². The lowest BCUT2D eigenvalue weighted by Gasteiger charge is -2.11. The molecule has 0 radical (unpaired) electrons. The fourth-order valence-corrected chi connectivity index (χ4v) is 2.39. The summed E-state index contributed by atoms with van der Waals surface area (Å²) in [7, 11) is -1.79. The highest BCUT2D eigenvalue weighted by Crippen LogP contribution is 2.34. The van der Waals surface area contributed by atoms with Gasteiger partial charge in [0.05, 0.1) is 6.61 Å². The maximum Gasteiger partial charge on any atom is 0.394 e. The Kier molecular flexibility index (Phi) is 8.81. The third-order valence-electron chi connectivity index (χ3n) is 2.80. The largest absolute Gasteiger partial charge is 0.427 e. The van der Waals surface area contributed by atoms with E-state index in [9.17, 15) is 4.89 Å². The molecule has 0 amide bonds. The SMILES string of the molecule is CC(C)CCCCCCOP(O)Oc1ccccc1. The van der Waals surface area contributed by atoms with Crippen molar-refractivity contribution in [2.45, 2.75) is 46.0 Å². The van der Waals surface area contributed by atoms with E-state index >= 15 is 0 Å². The molecule has 1 aromatic rings. The fourth-order valence-electron chi connectivity index (χ4n) is 1.75. The minimum Gasteiger partial charge on any atom is -0.427 e. The smallest absolute Gasteiger partial charge is 0.394 e. The maximum absolute atomic E-state index is 9.60. The lowest BCUT2D eigenvalue weighted by molar-refractivity contribution is 0.253. The van der Waals surface area contributed by atoms with Crippen LogP contribution in [0.5, 0.6) is 5.75 Å². The van der Waals surface area contributed by atoms with Crippen LogP contribution in [-0.4, -0.2) is 11.5 Å². The summed E-state index contributed by atoms with van der Waals surface area (Å²) in [5, 5.41) is 0. The molecule has 0 aromatic heterocycles. The van der Waals surface area contributed by atoms with Crippen LogP contribution in [-0.2, 0) is 4.52 Å². The van der Waals surface area contributed by atoms with Crippen molar-refractivity contribution in [1.82, 2.24) is 0 Å². The molecule has 4 heteroatoms. The first-order chi connectivity index (χ1) is 9.18. The van der Waals surface area contributed by atoms with E-state index in [2.05, 4.69) is 13.8 Å². The van der Waals surface area contributed by atoms with Gasteiger partial charge in [0.1, 0.15) is 5.75 Å². The first kappa shape index (κ1) is 16.4. The van der Waals surface area contributed by atoms with Gasteiger partial charge < -0.3 is 13.9 Å². The van der Waals surface area contributed by atoms with Crippen molar-refractivity contribution in [3.05, 3.63) is 30.3 Å². The van der Waals surface area contributed by atoms with Gasteiger partial charge in [-0.3, -0.25) is 0 Å². The molecule has 0 heterocycles. The summed E-state index contributed by atoms with van der Waals surface area (Å²) >= 11 is 0. The van der Waals surface area contributed by atoms with Crippen LogP contribution in [0.15, 0.2) is 30.3 Å². The molecule has 0 spiro atoms. The molecule has 0 fully saturated rings. The van der Waals surface area contributed by atoms with E-state index < -0.39 is 8.60 Å². The van der Waals surface area contributed by atoms with Crippen LogP contribution < -0.4 is 4.52 Å². The van der Waals surface area contributed by atoms with Crippen molar-refractivity contribution in [2.75, 3.05) is 6.61 Å². The van der Waals surface area contributed by atoms with E-state index in [-0.39, 0.29) is 0 Å². The normalized spacial score (nSPS) is 12.6. The van der Waals surface area contributed by atoms with Gasteiger partial charge in [-0.2, -0.15) is 0 Å². The predicted molar refractivity (Wildman–Crippen MR) is 80.1 cm³/mol. The Hall–Kier alpha value is -0.630. The van der Waals surface area contributed by atoms with E-state index in [0.29, 0.717) is 12.4 Å². The molecule has 0 saturated heterocycles. The zero-order valence-electron chi connectivity index (χ0n) is 11.9. The zero-order valence-corrected chi connectivity index (χ0v) is 12.8. The second-order valence-corrected chi connectivity index (χ2v) is 5.99. The Bertz CT molecular complexity index is 316. The highest BCUT2D eigenvalue weighted by molar-refractivity contribution is 7.41. The minimum atomic E-state index is -1.79.